The van der Waals surface area contributed by atoms with Gasteiger partial charge in [-0.05, 0) is 31.7 Å². The van der Waals surface area contributed by atoms with Gasteiger partial charge in [0.25, 0.3) is 0 Å². The molecule has 116 valence electrons. The molecule has 0 aromatic carbocycles. The van der Waals surface area contributed by atoms with Gasteiger partial charge in [0.2, 0.25) is 0 Å². The summed E-state index contributed by atoms with van der Waals surface area (Å²) in [5, 5.41) is 0.566. The maximum atomic E-state index is 6.05. The molecule has 1 saturated heterocycles. The van der Waals surface area contributed by atoms with Crippen LogP contribution >= 0.6 is 11.6 Å². The third-order valence-electron chi connectivity index (χ3n) is 3.91. The summed E-state index contributed by atoms with van der Waals surface area (Å²) >= 11 is 6.05. The zero-order valence-corrected chi connectivity index (χ0v) is 13.3. The highest BCUT2D eigenvalue weighted by Gasteiger charge is 2.21. The Morgan fingerprint density at radius 1 is 1.27 bits per heavy atom. The van der Waals surface area contributed by atoms with Gasteiger partial charge in [-0.15, -0.1) is 0 Å². The fraction of sp³-hybridized carbons (Fsp3) is 0.438. The van der Waals surface area contributed by atoms with E-state index in [9.17, 15) is 0 Å². The van der Waals surface area contributed by atoms with Crippen LogP contribution in [-0.2, 0) is 0 Å². The van der Waals surface area contributed by atoms with Crippen LogP contribution in [0.1, 0.15) is 18.7 Å². The number of nitrogens with zero attached hydrogens (tertiary/aromatic N) is 4. The Labute approximate surface area is 135 Å². The quantitative estimate of drug-likeness (QED) is 0.867. The largest absolute Gasteiger partial charge is 0.492 e. The smallest absolute Gasteiger partial charge is 0.141 e. The normalized spacial score (nSPS) is 15.8. The van der Waals surface area contributed by atoms with E-state index < -0.39 is 0 Å². The van der Waals surface area contributed by atoms with Crippen LogP contribution in [0.5, 0.6) is 5.75 Å². The molecular formula is C16H19ClN4O. The number of aromatic nitrogens is 3. The van der Waals surface area contributed by atoms with Gasteiger partial charge < -0.3 is 9.64 Å². The van der Waals surface area contributed by atoms with E-state index in [1.807, 2.05) is 19.2 Å². The van der Waals surface area contributed by atoms with E-state index in [4.69, 9.17) is 16.3 Å². The molecule has 0 spiro atoms. The first-order valence-corrected chi connectivity index (χ1v) is 7.87. The van der Waals surface area contributed by atoms with E-state index in [1.165, 1.54) is 0 Å². The molecule has 5 nitrogen and oxygen atoms in total. The van der Waals surface area contributed by atoms with Gasteiger partial charge in [0, 0.05) is 37.7 Å². The maximum Gasteiger partial charge on any atom is 0.141 e. The fourth-order valence-electron chi connectivity index (χ4n) is 2.64. The maximum absolute atomic E-state index is 6.05. The molecule has 0 unspecified atom stereocenters. The molecule has 0 aliphatic carbocycles. The SMILES string of the molecule is Cc1nccc(N2CCC(COc3ccncc3Cl)CC2)n1. The molecule has 0 bridgehead atoms. The van der Waals surface area contributed by atoms with Crippen LogP contribution in [0, 0.1) is 12.8 Å². The van der Waals surface area contributed by atoms with Crippen LogP contribution in [0.2, 0.25) is 5.02 Å². The number of piperidine rings is 1. The molecule has 1 fully saturated rings. The Morgan fingerprint density at radius 2 is 2.09 bits per heavy atom. The topological polar surface area (TPSA) is 51.1 Å². The minimum Gasteiger partial charge on any atom is -0.492 e. The van der Waals surface area contributed by atoms with Gasteiger partial charge >= 0.3 is 0 Å². The summed E-state index contributed by atoms with van der Waals surface area (Å²) in [5.41, 5.74) is 0. The molecule has 2 aromatic heterocycles. The lowest BCUT2D eigenvalue weighted by molar-refractivity contribution is 0.222. The zero-order valence-electron chi connectivity index (χ0n) is 12.6. The number of pyridine rings is 1. The van der Waals surface area contributed by atoms with E-state index in [2.05, 4.69) is 19.9 Å². The molecule has 1 aliphatic rings. The van der Waals surface area contributed by atoms with Gasteiger partial charge in [-0.3, -0.25) is 4.98 Å². The number of aryl methyl sites for hydroxylation is 1. The molecule has 0 saturated carbocycles. The van der Waals surface area contributed by atoms with E-state index >= 15 is 0 Å². The van der Waals surface area contributed by atoms with Gasteiger partial charge in [-0.25, -0.2) is 9.97 Å². The minimum atomic E-state index is 0.545. The number of halogens is 1. The standard InChI is InChI=1S/C16H19ClN4O/c1-12-19-7-3-16(20-12)21-8-4-13(5-9-21)11-22-15-2-6-18-10-14(15)17/h2-3,6-7,10,13H,4-5,8-9,11H2,1H3. The third kappa shape index (κ3) is 3.65. The summed E-state index contributed by atoms with van der Waals surface area (Å²) in [4.78, 5) is 14.9. The van der Waals surface area contributed by atoms with Crippen LogP contribution in [-0.4, -0.2) is 34.6 Å². The number of hydrogen-bond donors (Lipinski definition) is 0. The predicted octanol–water partition coefficient (Wildman–Crippen LogP) is 3.13. The monoisotopic (exact) mass is 318 g/mol. The van der Waals surface area contributed by atoms with E-state index in [1.54, 1.807) is 18.5 Å². The summed E-state index contributed by atoms with van der Waals surface area (Å²) in [6.45, 7) is 4.60. The average molecular weight is 319 g/mol. The molecular weight excluding hydrogens is 300 g/mol. The second kappa shape index (κ2) is 6.92. The molecule has 0 N–H and O–H groups in total. The zero-order chi connectivity index (χ0) is 15.4. The first kappa shape index (κ1) is 15.0. The molecule has 0 radical (unpaired) electrons. The predicted molar refractivity (Wildman–Crippen MR) is 86.4 cm³/mol. The van der Waals surface area contributed by atoms with Crippen LogP contribution in [0.4, 0.5) is 5.82 Å². The van der Waals surface area contributed by atoms with E-state index in [0.29, 0.717) is 23.3 Å². The number of ether oxygens (including phenoxy) is 1. The first-order valence-electron chi connectivity index (χ1n) is 7.49. The first-order chi connectivity index (χ1) is 10.7. The molecule has 6 heteroatoms. The Bertz CT molecular complexity index is 629. The molecule has 0 atom stereocenters. The van der Waals surface area contributed by atoms with E-state index in [-0.39, 0.29) is 0 Å². The van der Waals surface area contributed by atoms with Crippen molar-refractivity contribution in [3.8, 4) is 5.75 Å². The average Bonchev–Trinajstić information content (AvgIpc) is 2.55. The Kier molecular flexibility index (Phi) is 4.73. The molecule has 1 aliphatic heterocycles. The van der Waals surface area contributed by atoms with Crippen molar-refractivity contribution in [2.45, 2.75) is 19.8 Å². The van der Waals surface area contributed by atoms with Gasteiger partial charge in [0.05, 0.1) is 6.61 Å². The molecule has 3 rings (SSSR count). The number of hydrogen-bond acceptors (Lipinski definition) is 5. The highest BCUT2D eigenvalue weighted by Crippen LogP contribution is 2.25. The Morgan fingerprint density at radius 3 is 2.82 bits per heavy atom. The summed E-state index contributed by atoms with van der Waals surface area (Å²) in [6, 6.07) is 3.78. The van der Waals surface area contributed by atoms with E-state index in [0.717, 1.165) is 37.6 Å². The summed E-state index contributed by atoms with van der Waals surface area (Å²) in [6.07, 6.45) is 7.30. The van der Waals surface area contributed by atoms with Crippen molar-refractivity contribution < 1.29 is 4.74 Å². The van der Waals surface area contributed by atoms with Crippen molar-refractivity contribution in [3.05, 3.63) is 41.6 Å². The van der Waals surface area contributed by atoms with Crippen LogP contribution in [0.15, 0.2) is 30.7 Å². The highest BCUT2D eigenvalue weighted by molar-refractivity contribution is 6.31. The molecule has 2 aromatic rings. The van der Waals surface area contributed by atoms with Crippen molar-refractivity contribution in [1.29, 1.82) is 0 Å². The van der Waals surface area contributed by atoms with Crippen molar-refractivity contribution >= 4 is 17.4 Å². The molecule has 0 amide bonds. The van der Waals surface area contributed by atoms with Crippen molar-refractivity contribution in [1.82, 2.24) is 15.0 Å². The lowest BCUT2D eigenvalue weighted by Crippen LogP contribution is -2.36. The number of anilines is 1. The second-order valence-electron chi connectivity index (χ2n) is 5.51. The van der Waals surface area contributed by atoms with Gasteiger partial charge in [0.1, 0.15) is 22.4 Å². The lowest BCUT2D eigenvalue weighted by atomic mass is 9.98. The highest BCUT2D eigenvalue weighted by atomic mass is 35.5. The summed E-state index contributed by atoms with van der Waals surface area (Å²) in [5.74, 6) is 3.09. The van der Waals surface area contributed by atoms with Gasteiger partial charge in [-0.2, -0.15) is 0 Å². The van der Waals surface area contributed by atoms with Gasteiger partial charge in [-0.1, -0.05) is 11.6 Å². The summed E-state index contributed by atoms with van der Waals surface area (Å²) in [7, 11) is 0. The van der Waals surface area contributed by atoms with Crippen molar-refractivity contribution in [2.75, 3.05) is 24.6 Å². The van der Waals surface area contributed by atoms with Gasteiger partial charge in [0.15, 0.2) is 0 Å². The molecule has 3 heterocycles. The Hall–Kier alpha value is -1.88. The van der Waals surface area contributed by atoms with Crippen molar-refractivity contribution in [2.24, 2.45) is 5.92 Å². The number of rotatable bonds is 4. The minimum absolute atomic E-state index is 0.545. The summed E-state index contributed by atoms with van der Waals surface area (Å²) < 4.78 is 5.82. The molecule has 22 heavy (non-hydrogen) atoms. The van der Waals surface area contributed by atoms with Crippen molar-refractivity contribution in [3.63, 3.8) is 0 Å². The fourth-order valence-corrected chi connectivity index (χ4v) is 2.81. The lowest BCUT2D eigenvalue weighted by Gasteiger charge is -2.32. The van der Waals surface area contributed by atoms with Crippen LogP contribution in [0.3, 0.4) is 0 Å². The third-order valence-corrected chi connectivity index (χ3v) is 4.19. The van der Waals surface area contributed by atoms with Crippen LogP contribution in [0.25, 0.3) is 0 Å². The Balaban J connectivity index is 1.51. The second-order valence-corrected chi connectivity index (χ2v) is 5.92. The van der Waals surface area contributed by atoms with Crippen LogP contribution < -0.4 is 9.64 Å².